The van der Waals surface area contributed by atoms with Gasteiger partial charge in [-0.1, -0.05) is 13.3 Å². The van der Waals surface area contributed by atoms with E-state index in [4.69, 9.17) is 9.47 Å². The van der Waals surface area contributed by atoms with Crippen LogP contribution < -0.4 is 9.47 Å². The highest BCUT2D eigenvalue weighted by molar-refractivity contribution is 5.95. The van der Waals surface area contributed by atoms with Crippen LogP contribution >= 0.6 is 0 Å². The molecule has 5 rings (SSSR count). The number of aromatic nitrogens is 1. The van der Waals surface area contributed by atoms with E-state index in [-0.39, 0.29) is 11.4 Å². The van der Waals surface area contributed by atoms with Crippen LogP contribution in [0, 0.1) is 0 Å². The zero-order valence-electron chi connectivity index (χ0n) is 17.7. The summed E-state index contributed by atoms with van der Waals surface area (Å²) < 4.78 is 12.5. The van der Waals surface area contributed by atoms with Crippen molar-refractivity contribution >= 4 is 5.78 Å². The Morgan fingerprint density at radius 1 is 1.20 bits per heavy atom. The van der Waals surface area contributed by atoms with Crippen LogP contribution in [-0.2, 0) is 6.42 Å². The fourth-order valence-electron chi connectivity index (χ4n) is 4.89. The normalized spacial score (nSPS) is 20.8. The largest absolute Gasteiger partial charge is 0.487 e. The van der Waals surface area contributed by atoms with E-state index < -0.39 is 0 Å². The number of aryl methyl sites for hydroxylation is 1. The second-order valence-corrected chi connectivity index (χ2v) is 8.94. The van der Waals surface area contributed by atoms with Crippen molar-refractivity contribution < 1.29 is 14.3 Å². The number of ether oxygens (including phenoxy) is 2. The minimum atomic E-state index is 0.0127. The summed E-state index contributed by atoms with van der Waals surface area (Å²) in [7, 11) is 0. The highest BCUT2D eigenvalue weighted by Crippen LogP contribution is 2.42. The second kappa shape index (κ2) is 8.03. The van der Waals surface area contributed by atoms with Gasteiger partial charge in [0.2, 0.25) is 5.88 Å². The fourth-order valence-corrected chi connectivity index (χ4v) is 4.89. The van der Waals surface area contributed by atoms with E-state index in [0.29, 0.717) is 17.9 Å². The Morgan fingerprint density at radius 3 is 2.70 bits per heavy atom. The summed E-state index contributed by atoms with van der Waals surface area (Å²) in [4.78, 5) is 18.7. The quantitative estimate of drug-likeness (QED) is 0.641. The van der Waals surface area contributed by atoms with Gasteiger partial charge in [0.1, 0.15) is 17.1 Å². The van der Waals surface area contributed by atoms with Crippen molar-refractivity contribution in [1.82, 2.24) is 9.88 Å². The van der Waals surface area contributed by atoms with Gasteiger partial charge in [-0.2, -0.15) is 0 Å². The number of likely N-dealkylation sites (tertiary alicyclic amines) is 1. The Hall–Kier alpha value is -2.40. The third-order valence-electron chi connectivity index (χ3n) is 7.11. The maximum atomic E-state index is 11.7. The molecular formula is C25H30N2O3. The smallest absolute Gasteiger partial charge is 0.219 e. The zero-order chi connectivity index (χ0) is 20.6. The van der Waals surface area contributed by atoms with E-state index in [9.17, 15) is 4.79 Å². The van der Waals surface area contributed by atoms with E-state index in [0.717, 1.165) is 43.2 Å². The molecule has 5 heteroatoms. The highest BCUT2D eigenvalue weighted by Gasteiger charge is 2.41. The summed E-state index contributed by atoms with van der Waals surface area (Å²) in [5, 5.41) is 0. The maximum Gasteiger partial charge on any atom is 0.219 e. The highest BCUT2D eigenvalue weighted by atomic mass is 16.5. The van der Waals surface area contributed by atoms with Gasteiger partial charge in [0.25, 0.3) is 0 Å². The van der Waals surface area contributed by atoms with Crippen LogP contribution in [0.3, 0.4) is 0 Å². The number of hydrogen-bond acceptors (Lipinski definition) is 5. The molecule has 1 saturated carbocycles. The molecule has 3 aliphatic rings. The van der Waals surface area contributed by atoms with E-state index in [2.05, 4.69) is 16.0 Å². The van der Waals surface area contributed by atoms with Gasteiger partial charge in [-0.25, -0.2) is 4.98 Å². The van der Waals surface area contributed by atoms with Gasteiger partial charge in [0.05, 0.1) is 0 Å². The predicted octanol–water partition coefficient (Wildman–Crippen LogP) is 5.18. The predicted molar refractivity (Wildman–Crippen MR) is 116 cm³/mol. The number of nitrogens with zero attached hydrogens (tertiary/aromatic N) is 2. The van der Waals surface area contributed by atoms with Gasteiger partial charge in [-0.05, 0) is 68.4 Å². The van der Waals surface area contributed by atoms with Crippen molar-refractivity contribution in [2.75, 3.05) is 13.1 Å². The minimum absolute atomic E-state index is 0.0127. The van der Waals surface area contributed by atoms with Crippen LogP contribution in [0.15, 0.2) is 36.5 Å². The molecule has 1 aromatic carbocycles. The summed E-state index contributed by atoms with van der Waals surface area (Å²) >= 11 is 0. The minimum Gasteiger partial charge on any atom is -0.487 e. The number of benzene rings is 1. The van der Waals surface area contributed by atoms with E-state index >= 15 is 0 Å². The molecule has 3 heterocycles. The van der Waals surface area contributed by atoms with Gasteiger partial charge >= 0.3 is 0 Å². The number of carbonyl (C=O) groups is 1. The molecule has 1 spiro atoms. The molecule has 2 aliphatic heterocycles. The molecule has 0 bridgehead atoms. The molecule has 0 atom stereocenters. The summed E-state index contributed by atoms with van der Waals surface area (Å²) in [5.41, 5.74) is 1.84. The molecule has 5 nitrogen and oxygen atoms in total. The lowest BCUT2D eigenvalue weighted by Crippen LogP contribution is -2.53. The Bertz CT molecular complexity index is 912. The molecule has 1 aromatic heterocycles. The monoisotopic (exact) mass is 406 g/mol. The molecule has 1 saturated heterocycles. The average molecular weight is 407 g/mol. The van der Waals surface area contributed by atoms with Crippen LogP contribution in [0.4, 0.5) is 0 Å². The number of carbonyl (C=O) groups excluding carboxylic acids is 1. The number of fused-ring (bicyclic) bond motifs is 1. The molecule has 0 radical (unpaired) electrons. The third-order valence-corrected chi connectivity index (χ3v) is 7.11. The molecule has 2 aromatic rings. The first kappa shape index (κ1) is 19.6. The number of hydrogen-bond donors (Lipinski definition) is 0. The summed E-state index contributed by atoms with van der Waals surface area (Å²) in [6.45, 7) is 4.19. The molecule has 0 amide bonds. The van der Waals surface area contributed by atoms with Crippen molar-refractivity contribution in [3.8, 4) is 17.4 Å². The lowest BCUT2D eigenvalue weighted by atomic mass is 9.81. The first-order chi connectivity index (χ1) is 14.6. The number of ketones is 1. The number of rotatable bonds is 5. The topological polar surface area (TPSA) is 51.7 Å². The fraction of sp³-hybridized carbons (Fsp3) is 0.520. The summed E-state index contributed by atoms with van der Waals surface area (Å²) in [5.74, 6) is 2.35. The molecule has 1 aliphatic carbocycles. The number of pyridine rings is 1. The lowest BCUT2D eigenvalue weighted by molar-refractivity contribution is -0.0337. The van der Waals surface area contributed by atoms with Gasteiger partial charge in [-0.15, -0.1) is 0 Å². The second-order valence-electron chi connectivity index (χ2n) is 8.94. The van der Waals surface area contributed by atoms with Gasteiger partial charge in [0, 0.05) is 43.4 Å². The Morgan fingerprint density at radius 2 is 2.03 bits per heavy atom. The lowest BCUT2D eigenvalue weighted by Gasteiger charge is -2.48. The summed E-state index contributed by atoms with van der Waals surface area (Å²) in [6, 6.07) is 10.4. The van der Waals surface area contributed by atoms with Gasteiger partial charge < -0.3 is 14.4 Å². The molecule has 0 unspecified atom stereocenters. The molecule has 2 fully saturated rings. The summed E-state index contributed by atoms with van der Waals surface area (Å²) in [6.07, 6.45) is 10.6. The van der Waals surface area contributed by atoms with E-state index in [1.54, 1.807) is 18.3 Å². The van der Waals surface area contributed by atoms with Gasteiger partial charge in [0.15, 0.2) is 5.78 Å². The third kappa shape index (κ3) is 3.83. The Kier molecular flexibility index (Phi) is 5.23. The standard InChI is InChI=1S/C25H30N2O3/c1-2-22(28)19-6-9-24(26-17-19)29-21-7-8-23-18(16-21)10-11-25(30-23)12-14-27(15-13-25)20-4-3-5-20/h6-9,16-17,20H,2-5,10-15H2,1H3. The average Bonchev–Trinajstić information content (AvgIpc) is 2.74. The SMILES string of the molecule is CCC(=O)c1ccc(Oc2ccc3c(c2)CCC2(CCN(C4CCC4)CC2)O3)nc1. The van der Waals surface area contributed by atoms with Gasteiger partial charge in [-0.3, -0.25) is 4.79 Å². The Labute approximate surface area is 178 Å². The maximum absolute atomic E-state index is 11.7. The first-order valence-electron chi connectivity index (χ1n) is 11.4. The molecule has 158 valence electrons. The van der Waals surface area contributed by atoms with Crippen LogP contribution in [0.1, 0.15) is 67.8 Å². The van der Waals surface area contributed by atoms with Crippen molar-refractivity contribution in [1.29, 1.82) is 0 Å². The van der Waals surface area contributed by atoms with Crippen LogP contribution in [0.5, 0.6) is 17.4 Å². The van der Waals surface area contributed by atoms with Crippen LogP contribution in [0.25, 0.3) is 0 Å². The van der Waals surface area contributed by atoms with E-state index in [1.165, 1.54) is 37.9 Å². The van der Waals surface area contributed by atoms with Crippen molar-refractivity contribution in [2.45, 2.75) is 69.9 Å². The molecule has 30 heavy (non-hydrogen) atoms. The number of piperidine rings is 1. The number of Topliss-reactive ketones (excluding diaryl/α,β-unsaturated/α-hetero) is 1. The molecular weight excluding hydrogens is 376 g/mol. The van der Waals surface area contributed by atoms with Crippen molar-refractivity contribution in [2.24, 2.45) is 0 Å². The first-order valence-corrected chi connectivity index (χ1v) is 11.4. The Balaban J connectivity index is 1.23. The molecule has 0 N–H and O–H groups in total. The van der Waals surface area contributed by atoms with Crippen LogP contribution in [-0.4, -0.2) is 40.4 Å². The van der Waals surface area contributed by atoms with E-state index in [1.807, 2.05) is 19.1 Å². The van der Waals surface area contributed by atoms with Crippen molar-refractivity contribution in [3.05, 3.63) is 47.7 Å². The van der Waals surface area contributed by atoms with Crippen molar-refractivity contribution in [3.63, 3.8) is 0 Å². The zero-order valence-corrected chi connectivity index (χ0v) is 17.7. The van der Waals surface area contributed by atoms with Crippen LogP contribution in [0.2, 0.25) is 0 Å².